The fourth-order valence-electron chi connectivity index (χ4n) is 4.07. The number of carbonyl (C=O) groups is 1. The summed E-state index contributed by atoms with van der Waals surface area (Å²) in [4.78, 5) is 15.3. The predicted octanol–water partition coefficient (Wildman–Crippen LogP) is 7.90. The molecule has 0 spiro atoms. The molecule has 0 radical (unpaired) electrons. The maximum atomic E-state index is 13.2. The normalized spacial score (nSPS) is 14.6. The summed E-state index contributed by atoms with van der Waals surface area (Å²) < 4.78 is 13.1. The number of methoxy groups -OCH3 is 1. The Morgan fingerprint density at radius 3 is 2.56 bits per heavy atom. The number of nitrogens with zero attached hydrogens (tertiary/aromatic N) is 1. The number of thioether (sulfide) groups is 1. The maximum Gasteiger partial charge on any atom is 0.270 e. The first kappa shape index (κ1) is 24.6. The van der Waals surface area contributed by atoms with Crippen molar-refractivity contribution in [2.45, 2.75) is 13.5 Å². The fraction of sp³-hybridized carbons (Fsp3) is 0.103. The molecule has 1 saturated heterocycles. The van der Waals surface area contributed by atoms with Crippen molar-refractivity contribution in [1.82, 2.24) is 0 Å². The highest BCUT2D eigenvalue weighted by Gasteiger charge is 2.33. The standard InChI is InChI=1S/C29H22BrNO3S2/c1-18-10-12-22(13-11-18)31-28(32)26(36-29(31)35)16-19-14-24(30)27(25(15-19)33-2)34-17-21-8-5-7-20-6-3-4-9-23(20)21/h3-16H,17H2,1-2H3/b26-16+. The van der Waals surface area contributed by atoms with Crippen LogP contribution in [-0.2, 0) is 11.4 Å². The zero-order valence-corrected chi connectivity index (χ0v) is 22.9. The third-order valence-electron chi connectivity index (χ3n) is 5.89. The van der Waals surface area contributed by atoms with Crippen LogP contribution in [0.5, 0.6) is 11.5 Å². The van der Waals surface area contributed by atoms with Gasteiger partial charge in [0.2, 0.25) is 0 Å². The van der Waals surface area contributed by atoms with Crippen molar-refractivity contribution in [3.05, 3.63) is 105 Å². The topological polar surface area (TPSA) is 38.8 Å². The Bertz CT molecular complexity index is 1510. The Morgan fingerprint density at radius 2 is 1.78 bits per heavy atom. The van der Waals surface area contributed by atoms with Gasteiger partial charge in [0.25, 0.3) is 5.91 Å². The first-order valence-corrected chi connectivity index (χ1v) is 13.3. The number of anilines is 1. The molecule has 180 valence electrons. The van der Waals surface area contributed by atoms with Gasteiger partial charge in [-0.2, -0.15) is 0 Å². The molecule has 36 heavy (non-hydrogen) atoms. The lowest BCUT2D eigenvalue weighted by Crippen LogP contribution is -2.27. The highest BCUT2D eigenvalue weighted by Crippen LogP contribution is 2.40. The van der Waals surface area contributed by atoms with E-state index in [9.17, 15) is 4.79 Å². The number of hydrogen-bond donors (Lipinski definition) is 0. The van der Waals surface area contributed by atoms with Gasteiger partial charge in [-0.1, -0.05) is 84.1 Å². The van der Waals surface area contributed by atoms with Gasteiger partial charge in [0.15, 0.2) is 15.8 Å². The third-order valence-corrected chi connectivity index (χ3v) is 7.78. The lowest BCUT2D eigenvalue weighted by atomic mass is 10.1. The predicted molar refractivity (Wildman–Crippen MR) is 156 cm³/mol. The van der Waals surface area contributed by atoms with Gasteiger partial charge < -0.3 is 9.47 Å². The van der Waals surface area contributed by atoms with Crippen LogP contribution in [0.4, 0.5) is 5.69 Å². The quantitative estimate of drug-likeness (QED) is 0.172. The van der Waals surface area contributed by atoms with Crippen molar-refractivity contribution < 1.29 is 14.3 Å². The van der Waals surface area contributed by atoms with Gasteiger partial charge in [0, 0.05) is 0 Å². The third kappa shape index (κ3) is 4.91. The zero-order chi connectivity index (χ0) is 25.2. The molecule has 0 aromatic heterocycles. The molecule has 4 nitrogen and oxygen atoms in total. The molecule has 1 aliphatic heterocycles. The van der Waals surface area contributed by atoms with Crippen LogP contribution < -0.4 is 14.4 Å². The maximum absolute atomic E-state index is 13.2. The number of carbonyl (C=O) groups excluding carboxylic acids is 1. The molecule has 1 heterocycles. The Kier molecular flexibility index (Phi) is 7.14. The second-order valence-electron chi connectivity index (χ2n) is 8.31. The SMILES string of the molecule is COc1cc(/C=C2/SC(=S)N(c3ccc(C)cc3)C2=O)cc(Br)c1OCc1cccc2ccccc12. The summed E-state index contributed by atoms with van der Waals surface area (Å²) >= 11 is 10.4. The van der Waals surface area contributed by atoms with Gasteiger partial charge in [-0.15, -0.1) is 0 Å². The number of hydrogen-bond acceptors (Lipinski definition) is 5. The molecule has 0 aliphatic carbocycles. The smallest absolute Gasteiger partial charge is 0.270 e. The highest BCUT2D eigenvalue weighted by molar-refractivity contribution is 9.10. The Labute approximate surface area is 228 Å². The molecular weight excluding hydrogens is 554 g/mol. The Hall–Kier alpha value is -3.13. The molecule has 1 fully saturated rings. The van der Waals surface area contributed by atoms with E-state index >= 15 is 0 Å². The molecular formula is C29H22BrNO3S2. The van der Waals surface area contributed by atoms with Crippen molar-refractivity contribution in [2.24, 2.45) is 0 Å². The monoisotopic (exact) mass is 575 g/mol. The first-order chi connectivity index (χ1) is 17.4. The van der Waals surface area contributed by atoms with Gasteiger partial charge in [-0.3, -0.25) is 9.69 Å². The van der Waals surface area contributed by atoms with Crippen molar-refractivity contribution in [1.29, 1.82) is 0 Å². The van der Waals surface area contributed by atoms with Gasteiger partial charge in [-0.05, 0) is 75.1 Å². The molecule has 4 aromatic carbocycles. The molecule has 4 aromatic rings. The first-order valence-electron chi connectivity index (χ1n) is 11.3. The Balaban J connectivity index is 1.40. The summed E-state index contributed by atoms with van der Waals surface area (Å²) in [5.41, 5.74) is 3.79. The number of halogens is 1. The van der Waals surface area contributed by atoms with E-state index in [0.29, 0.717) is 27.3 Å². The van der Waals surface area contributed by atoms with Crippen LogP contribution in [0.3, 0.4) is 0 Å². The van der Waals surface area contributed by atoms with Crippen LogP contribution in [0.2, 0.25) is 0 Å². The summed E-state index contributed by atoms with van der Waals surface area (Å²) in [5.74, 6) is 1.04. The molecule has 0 atom stereocenters. The number of ether oxygens (including phenoxy) is 2. The van der Waals surface area contributed by atoms with Crippen molar-refractivity contribution in [3.63, 3.8) is 0 Å². The van der Waals surface area contributed by atoms with Crippen LogP contribution >= 0.6 is 39.9 Å². The van der Waals surface area contributed by atoms with Crippen molar-refractivity contribution in [3.8, 4) is 11.5 Å². The van der Waals surface area contributed by atoms with Gasteiger partial charge in [-0.25, -0.2) is 0 Å². The number of aryl methyl sites for hydroxylation is 1. The van der Waals surface area contributed by atoms with E-state index in [1.807, 2.05) is 67.6 Å². The molecule has 1 amide bonds. The van der Waals surface area contributed by atoms with Crippen LogP contribution in [0.15, 0.2) is 88.2 Å². The van der Waals surface area contributed by atoms with Gasteiger partial charge >= 0.3 is 0 Å². The fourth-order valence-corrected chi connectivity index (χ4v) is 5.94. The minimum absolute atomic E-state index is 0.139. The van der Waals surface area contributed by atoms with Crippen LogP contribution in [0.25, 0.3) is 16.8 Å². The number of benzene rings is 4. The van der Waals surface area contributed by atoms with E-state index in [1.54, 1.807) is 12.0 Å². The summed E-state index contributed by atoms with van der Waals surface area (Å²) in [6.07, 6.45) is 1.83. The lowest BCUT2D eigenvalue weighted by molar-refractivity contribution is -0.113. The van der Waals surface area contributed by atoms with Crippen LogP contribution in [0, 0.1) is 6.92 Å². The molecule has 7 heteroatoms. The minimum atomic E-state index is -0.139. The number of thiocarbonyl (C=S) groups is 1. The summed E-state index contributed by atoms with van der Waals surface area (Å²) in [5, 5.41) is 2.32. The summed E-state index contributed by atoms with van der Waals surface area (Å²) in [6, 6.07) is 26.0. The number of amides is 1. The van der Waals surface area contributed by atoms with Crippen LogP contribution in [0.1, 0.15) is 16.7 Å². The zero-order valence-electron chi connectivity index (χ0n) is 19.7. The van der Waals surface area contributed by atoms with E-state index in [1.165, 1.54) is 17.1 Å². The molecule has 0 unspecified atom stereocenters. The summed E-state index contributed by atoms with van der Waals surface area (Å²) in [6.45, 7) is 2.40. The molecule has 0 bridgehead atoms. The van der Waals surface area contributed by atoms with Crippen molar-refractivity contribution in [2.75, 3.05) is 12.0 Å². The number of rotatable bonds is 6. The van der Waals surface area contributed by atoms with Crippen LogP contribution in [-0.4, -0.2) is 17.3 Å². The van der Waals surface area contributed by atoms with E-state index in [4.69, 9.17) is 21.7 Å². The molecule has 5 rings (SSSR count). The molecule has 1 aliphatic rings. The summed E-state index contributed by atoms with van der Waals surface area (Å²) in [7, 11) is 1.60. The van der Waals surface area contributed by atoms with E-state index in [0.717, 1.165) is 32.2 Å². The minimum Gasteiger partial charge on any atom is -0.493 e. The number of fused-ring (bicyclic) bond motifs is 1. The molecule has 0 N–H and O–H groups in total. The van der Waals surface area contributed by atoms with Crippen molar-refractivity contribution >= 4 is 72.7 Å². The van der Waals surface area contributed by atoms with E-state index < -0.39 is 0 Å². The van der Waals surface area contributed by atoms with Gasteiger partial charge in [0.05, 0.1) is 22.2 Å². The second-order valence-corrected chi connectivity index (χ2v) is 10.8. The van der Waals surface area contributed by atoms with E-state index in [-0.39, 0.29) is 5.91 Å². The lowest BCUT2D eigenvalue weighted by Gasteiger charge is -2.15. The largest absolute Gasteiger partial charge is 0.493 e. The van der Waals surface area contributed by atoms with E-state index in [2.05, 4.69) is 40.2 Å². The molecule has 0 saturated carbocycles. The average Bonchev–Trinajstić information content (AvgIpc) is 3.16. The average molecular weight is 577 g/mol. The Morgan fingerprint density at radius 1 is 1.03 bits per heavy atom. The highest BCUT2D eigenvalue weighted by atomic mass is 79.9. The van der Waals surface area contributed by atoms with Gasteiger partial charge in [0.1, 0.15) is 6.61 Å². The second kappa shape index (κ2) is 10.5.